The van der Waals surface area contributed by atoms with E-state index in [4.69, 9.17) is 0 Å². The van der Waals surface area contributed by atoms with Crippen LogP contribution in [0.3, 0.4) is 0 Å². The molecule has 1 unspecified atom stereocenters. The van der Waals surface area contributed by atoms with Crippen LogP contribution in [-0.2, 0) is 4.79 Å². The van der Waals surface area contributed by atoms with E-state index < -0.39 is 0 Å². The summed E-state index contributed by atoms with van der Waals surface area (Å²) in [6.45, 7) is 0. The number of hydrogen-bond donors (Lipinski definition) is 2. The van der Waals surface area contributed by atoms with E-state index in [-0.39, 0.29) is 17.6 Å². The van der Waals surface area contributed by atoms with Crippen molar-refractivity contribution in [3.05, 3.63) is 71.7 Å². The molecular formula is C20H19FN2O. The first-order valence-electron chi connectivity index (χ1n) is 8.31. The van der Waals surface area contributed by atoms with Gasteiger partial charge in [-0.1, -0.05) is 30.3 Å². The zero-order chi connectivity index (χ0) is 16.5. The first-order chi connectivity index (χ1) is 11.7. The van der Waals surface area contributed by atoms with Crippen LogP contribution in [0.4, 0.5) is 4.39 Å². The number of nitrogens with one attached hydrogen (secondary N) is 2. The molecule has 4 rings (SSSR count). The average molecular weight is 322 g/mol. The molecule has 0 bridgehead atoms. The summed E-state index contributed by atoms with van der Waals surface area (Å²) in [6, 6.07) is 14.9. The predicted molar refractivity (Wildman–Crippen MR) is 92.3 cm³/mol. The van der Waals surface area contributed by atoms with Gasteiger partial charge in [0.05, 0.1) is 0 Å². The van der Waals surface area contributed by atoms with Crippen LogP contribution in [0.15, 0.2) is 54.7 Å². The number of halogens is 1. The number of hydrogen-bond acceptors (Lipinski definition) is 1. The van der Waals surface area contributed by atoms with Gasteiger partial charge in [0.1, 0.15) is 5.82 Å². The summed E-state index contributed by atoms with van der Waals surface area (Å²) in [7, 11) is 0. The number of fused-ring (bicyclic) bond motifs is 1. The maximum absolute atomic E-state index is 13.7. The summed E-state index contributed by atoms with van der Waals surface area (Å²) in [5, 5.41) is 4.11. The average Bonchev–Trinajstić information content (AvgIpc) is 3.29. The summed E-state index contributed by atoms with van der Waals surface area (Å²) >= 11 is 0. The smallest absolute Gasteiger partial charge is 0.221 e. The summed E-state index contributed by atoms with van der Waals surface area (Å²) in [4.78, 5) is 15.6. The molecule has 1 aliphatic carbocycles. The Morgan fingerprint density at radius 1 is 1.21 bits per heavy atom. The summed E-state index contributed by atoms with van der Waals surface area (Å²) < 4.78 is 13.7. The third-order valence-electron chi connectivity index (χ3n) is 4.58. The minimum Gasteiger partial charge on any atom is -0.361 e. The molecule has 24 heavy (non-hydrogen) atoms. The highest BCUT2D eigenvalue weighted by molar-refractivity contribution is 5.86. The number of carbonyl (C=O) groups is 1. The lowest BCUT2D eigenvalue weighted by atomic mass is 9.88. The fourth-order valence-electron chi connectivity index (χ4n) is 3.21. The molecule has 2 aromatic carbocycles. The van der Waals surface area contributed by atoms with Gasteiger partial charge in [0, 0.05) is 35.5 Å². The number of H-pyrrole nitrogens is 1. The number of carbonyl (C=O) groups excluding carboxylic acids is 1. The second kappa shape index (κ2) is 6.11. The van der Waals surface area contributed by atoms with Crippen molar-refractivity contribution in [1.29, 1.82) is 0 Å². The van der Waals surface area contributed by atoms with Crippen LogP contribution in [0.5, 0.6) is 0 Å². The third kappa shape index (κ3) is 3.04. The maximum Gasteiger partial charge on any atom is 0.221 e. The Morgan fingerprint density at radius 2 is 2.04 bits per heavy atom. The summed E-state index contributed by atoms with van der Waals surface area (Å²) in [5.41, 5.74) is 2.88. The highest BCUT2D eigenvalue weighted by Gasteiger charge is 2.26. The van der Waals surface area contributed by atoms with Gasteiger partial charge < -0.3 is 10.3 Å². The molecule has 1 saturated carbocycles. The van der Waals surface area contributed by atoms with Gasteiger partial charge in [0.2, 0.25) is 5.91 Å². The number of amides is 1. The van der Waals surface area contributed by atoms with E-state index in [1.54, 1.807) is 6.07 Å². The van der Waals surface area contributed by atoms with Crippen LogP contribution in [0.1, 0.15) is 36.3 Å². The number of aromatic amines is 1. The fourth-order valence-corrected chi connectivity index (χ4v) is 3.21. The predicted octanol–water partition coefficient (Wildman–Crippen LogP) is 4.11. The lowest BCUT2D eigenvalue weighted by molar-refractivity contribution is -0.121. The molecule has 4 heteroatoms. The first kappa shape index (κ1) is 14.9. The molecule has 2 N–H and O–H groups in total. The van der Waals surface area contributed by atoms with Crippen LogP contribution in [0, 0.1) is 5.82 Å². The van der Waals surface area contributed by atoms with E-state index in [1.165, 1.54) is 12.1 Å². The van der Waals surface area contributed by atoms with Crippen LogP contribution in [0.2, 0.25) is 0 Å². The van der Waals surface area contributed by atoms with Crippen LogP contribution in [-0.4, -0.2) is 16.9 Å². The van der Waals surface area contributed by atoms with Gasteiger partial charge in [-0.25, -0.2) is 4.39 Å². The van der Waals surface area contributed by atoms with Gasteiger partial charge in [-0.3, -0.25) is 4.79 Å². The standard InChI is InChI=1S/C20H19FN2O/c21-14-5-3-4-13(10-14)17(11-20(24)23-15-8-9-15)18-12-22-19-7-2-1-6-16(18)19/h1-7,10,12,15,17,22H,8-9,11H2,(H,23,24). The van der Waals surface area contributed by atoms with E-state index in [0.717, 1.165) is 34.9 Å². The van der Waals surface area contributed by atoms with Crippen molar-refractivity contribution in [2.45, 2.75) is 31.2 Å². The third-order valence-corrected chi connectivity index (χ3v) is 4.58. The molecule has 0 spiro atoms. The number of para-hydroxylation sites is 1. The van der Waals surface area contributed by atoms with Crippen molar-refractivity contribution in [2.24, 2.45) is 0 Å². The second-order valence-electron chi connectivity index (χ2n) is 6.44. The number of aromatic nitrogens is 1. The molecule has 1 aliphatic rings. The zero-order valence-corrected chi connectivity index (χ0v) is 13.3. The van der Waals surface area contributed by atoms with E-state index in [1.807, 2.05) is 36.5 Å². The van der Waals surface area contributed by atoms with Crippen molar-refractivity contribution >= 4 is 16.8 Å². The highest BCUT2D eigenvalue weighted by atomic mass is 19.1. The van der Waals surface area contributed by atoms with E-state index >= 15 is 0 Å². The molecule has 0 radical (unpaired) electrons. The topological polar surface area (TPSA) is 44.9 Å². The molecule has 1 heterocycles. The zero-order valence-electron chi connectivity index (χ0n) is 13.3. The molecule has 1 fully saturated rings. The van der Waals surface area contributed by atoms with Crippen molar-refractivity contribution in [2.75, 3.05) is 0 Å². The van der Waals surface area contributed by atoms with Crippen LogP contribution >= 0.6 is 0 Å². The Labute approximate surface area is 139 Å². The molecule has 0 aliphatic heterocycles. The Bertz CT molecular complexity index is 882. The Kier molecular flexibility index (Phi) is 3.81. The normalized spacial score (nSPS) is 15.4. The molecule has 122 valence electrons. The SMILES string of the molecule is O=C(CC(c1cccc(F)c1)c1c[nH]c2ccccc12)NC1CC1. The lowest BCUT2D eigenvalue weighted by Gasteiger charge is -2.17. The number of rotatable bonds is 5. The minimum absolute atomic E-state index is 0.0250. The van der Waals surface area contributed by atoms with Gasteiger partial charge in [0.25, 0.3) is 0 Å². The van der Waals surface area contributed by atoms with Crippen molar-refractivity contribution in [3.8, 4) is 0 Å². The largest absolute Gasteiger partial charge is 0.361 e. The van der Waals surface area contributed by atoms with Gasteiger partial charge >= 0.3 is 0 Å². The Morgan fingerprint density at radius 3 is 2.83 bits per heavy atom. The molecule has 1 aromatic heterocycles. The molecule has 1 amide bonds. The van der Waals surface area contributed by atoms with Crippen molar-refractivity contribution in [1.82, 2.24) is 10.3 Å². The monoisotopic (exact) mass is 322 g/mol. The number of benzene rings is 2. The molecule has 1 atom stereocenters. The first-order valence-corrected chi connectivity index (χ1v) is 8.31. The summed E-state index contributed by atoms with van der Waals surface area (Å²) in [5.74, 6) is -0.424. The second-order valence-corrected chi connectivity index (χ2v) is 6.44. The fraction of sp³-hybridized carbons (Fsp3) is 0.250. The summed E-state index contributed by atoms with van der Waals surface area (Å²) in [6.07, 6.45) is 4.37. The van der Waals surface area contributed by atoms with Gasteiger partial charge in [-0.2, -0.15) is 0 Å². The maximum atomic E-state index is 13.7. The van der Waals surface area contributed by atoms with Crippen molar-refractivity contribution < 1.29 is 9.18 Å². The van der Waals surface area contributed by atoms with Crippen LogP contribution in [0.25, 0.3) is 10.9 Å². The quantitative estimate of drug-likeness (QED) is 0.729. The van der Waals surface area contributed by atoms with Crippen molar-refractivity contribution in [3.63, 3.8) is 0 Å². The minimum atomic E-state index is -0.278. The highest BCUT2D eigenvalue weighted by Crippen LogP contribution is 2.34. The Balaban J connectivity index is 1.72. The van der Waals surface area contributed by atoms with Gasteiger partial charge in [0.15, 0.2) is 0 Å². The molecule has 3 nitrogen and oxygen atoms in total. The molecule has 3 aromatic rings. The van der Waals surface area contributed by atoms with E-state index in [0.29, 0.717) is 12.5 Å². The van der Waals surface area contributed by atoms with E-state index in [9.17, 15) is 9.18 Å². The Hall–Kier alpha value is -2.62. The van der Waals surface area contributed by atoms with Crippen LogP contribution < -0.4 is 5.32 Å². The van der Waals surface area contributed by atoms with E-state index in [2.05, 4.69) is 10.3 Å². The van der Waals surface area contributed by atoms with Gasteiger partial charge in [-0.05, 0) is 42.2 Å². The van der Waals surface area contributed by atoms with Gasteiger partial charge in [-0.15, -0.1) is 0 Å². The lowest BCUT2D eigenvalue weighted by Crippen LogP contribution is -2.27. The molecule has 0 saturated heterocycles. The molecular weight excluding hydrogens is 303 g/mol.